The minimum absolute atomic E-state index is 0.0649. The van der Waals surface area contributed by atoms with Crippen LogP contribution in [0.25, 0.3) is 0 Å². The molecular formula is C13H21N3O. The van der Waals surface area contributed by atoms with Gasteiger partial charge in [-0.15, -0.1) is 0 Å². The fraction of sp³-hybridized carbons (Fsp3) is 0.538. The Labute approximate surface area is 103 Å². The number of rotatable bonds is 6. The van der Waals surface area contributed by atoms with Crippen molar-refractivity contribution in [2.75, 3.05) is 12.3 Å². The van der Waals surface area contributed by atoms with E-state index in [2.05, 4.69) is 24.1 Å². The van der Waals surface area contributed by atoms with E-state index in [4.69, 9.17) is 5.73 Å². The Morgan fingerprint density at radius 3 is 2.76 bits per heavy atom. The molecule has 0 aliphatic carbocycles. The molecule has 0 fully saturated rings. The molecular weight excluding hydrogens is 214 g/mol. The van der Waals surface area contributed by atoms with Gasteiger partial charge in [-0.1, -0.05) is 26.7 Å². The van der Waals surface area contributed by atoms with Crippen molar-refractivity contribution >= 4 is 11.7 Å². The van der Waals surface area contributed by atoms with E-state index >= 15 is 0 Å². The number of carbonyl (C=O) groups is 1. The summed E-state index contributed by atoms with van der Waals surface area (Å²) in [7, 11) is 0. The summed E-state index contributed by atoms with van der Waals surface area (Å²) in [6.07, 6.45) is 3.90. The van der Waals surface area contributed by atoms with E-state index in [1.165, 1.54) is 0 Å². The molecule has 1 rings (SSSR count). The van der Waals surface area contributed by atoms with Crippen LogP contribution < -0.4 is 11.1 Å². The van der Waals surface area contributed by atoms with E-state index in [1.54, 1.807) is 6.07 Å². The van der Waals surface area contributed by atoms with Gasteiger partial charge in [-0.25, -0.2) is 4.98 Å². The molecule has 0 saturated heterocycles. The lowest BCUT2D eigenvalue weighted by Gasteiger charge is -2.07. The molecule has 17 heavy (non-hydrogen) atoms. The fourth-order valence-electron chi connectivity index (χ4n) is 1.61. The van der Waals surface area contributed by atoms with Gasteiger partial charge in [0.2, 0.25) is 0 Å². The van der Waals surface area contributed by atoms with E-state index in [9.17, 15) is 4.79 Å². The number of aryl methyl sites for hydroxylation is 1. The summed E-state index contributed by atoms with van der Waals surface area (Å²) in [5.41, 5.74) is 7.18. The molecule has 3 N–H and O–H groups in total. The van der Waals surface area contributed by atoms with Gasteiger partial charge in [0.1, 0.15) is 5.82 Å². The Morgan fingerprint density at radius 1 is 1.35 bits per heavy atom. The average molecular weight is 235 g/mol. The quantitative estimate of drug-likeness (QED) is 0.742. The van der Waals surface area contributed by atoms with Crippen molar-refractivity contribution in [1.82, 2.24) is 10.3 Å². The molecule has 0 radical (unpaired) electrons. The summed E-state index contributed by atoms with van der Waals surface area (Å²) in [5.74, 6) is 0.349. The summed E-state index contributed by atoms with van der Waals surface area (Å²) in [6, 6.07) is 3.45. The molecule has 0 aliphatic heterocycles. The molecule has 0 aliphatic rings. The second kappa shape index (κ2) is 6.89. The maximum absolute atomic E-state index is 11.8. The van der Waals surface area contributed by atoms with E-state index in [0.717, 1.165) is 31.4 Å². The van der Waals surface area contributed by atoms with Crippen molar-refractivity contribution in [2.24, 2.45) is 0 Å². The van der Waals surface area contributed by atoms with Crippen molar-refractivity contribution in [3.63, 3.8) is 0 Å². The van der Waals surface area contributed by atoms with Crippen LogP contribution >= 0.6 is 0 Å². The number of nitrogens with two attached hydrogens (primary N) is 1. The maximum Gasteiger partial charge on any atom is 0.251 e. The van der Waals surface area contributed by atoms with E-state index in [0.29, 0.717) is 17.9 Å². The number of carbonyl (C=O) groups excluding carboxylic acids is 1. The van der Waals surface area contributed by atoms with Crippen molar-refractivity contribution in [3.8, 4) is 0 Å². The second-order valence-electron chi connectivity index (χ2n) is 4.13. The highest BCUT2D eigenvalue weighted by molar-refractivity contribution is 5.94. The van der Waals surface area contributed by atoms with Gasteiger partial charge in [-0.3, -0.25) is 4.79 Å². The van der Waals surface area contributed by atoms with Crippen molar-refractivity contribution in [3.05, 3.63) is 23.4 Å². The van der Waals surface area contributed by atoms with Crippen LogP contribution in [0.3, 0.4) is 0 Å². The molecule has 0 spiro atoms. The predicted molar refractivity (Wildman–Crippen MR) is 69.9 cm³/mol. The van der Waals surface area contributed by atoms with Crippen LogP contribution in [0.2, 0.25) is 0 Å². The first-order valence-corrected chi connectivity index (χ1v) is 6.22. The van der Waals surface area contributed by atoms with E-state index in [-0.39, 0.29) is 5.91 Å². The largest absolute Gasteiger partial charge is 0.384 e. The summed E-state index contributed by atoms with van der Waals surface area (Å²) in [5, 5.41) is 2.87. The molecule has 94 valence electrons. The molecule has 4 nitrogen and oxygen atoms in total. The minimum atomic E-state index is -0.0649. The van der Waals surface area contributed by atoms with Gasteiger partial charge in [-0.05, 0) is 25.0 Å². The Hall–Kier alpha value is -1.58. The zero-order valence-corrected chi connectivity index (χ0v) is 10.6. The normalized spacial score (nSPS) is 10.2. The molecule has 0 bridgehead atoms. The molecule has 0 unspecified atom stereocenters. The van der Waals surface area contributed by atoms with Crippen LogP contribution in [0.1, 0.15) is 49.2 Å². The minimum Gasteiger partial charge on any atom is -0.384 e. The highest BCUT2D eigenvalue weighted by Gasteiger charge is 2.07. The third-order valence-electron chi connectivity index (χ3n) is 2.48. The fourth-order valence-corrected chi connectivity index (χ4v) is 1.61. The van der Waals surface area contributed by atoms with Crippen molar-refractivity contribution < 1.29 is 4.79 Å². The van der Waals surface area contributed by atoms with Crippen LogP contribution in [-0.2, 0) is 6.42 Å². The first-order valence-electron chi connectivity index (χ1n) is 6.22. The van der Waals surface area contributed by atoms with Crippen LogP contribution in [0.15, 0.2) is 12.1 Å². The number of nitrogens with zero attached hydrogens (tertiary/aromatic N) is 1. The monoisotopic (exact) mass is 235 g/mol. The predicted octanol–water partition coefficient (Wildman–Crippen LogP) is 2.15. The lowest BCUT2D eigenvalue weighted by atomic mass is 10.1. The molecule has 1 heterocycles. The van der Waals surface area contributed by atoms with Crippen molar-refractivity contribution in [2.45, 2.75) is 39.5 Å². The molecule has 4 heteroatoms. The lowest BCUT2D eigenvalue weighted by Crippen LogP contribution is -2.24. The smallest absolute Gasteiger partial charge is 0.251 e. The van der Waals surface area contributed by atoms with Gasteiger partial charge in [0.05, 0.1) is 0 Å². The molecule has 0 aromatic carbocycles. The first-order chi connectivity index (χ1) is 8.17. The van der Waals surface area contributed by atoms with E-state index < -0.39 is 0 Å². The summed E-state index contributed by atoms with van der Waals surface area (Å²) >= 11 is 0. The van der Waals surface area contributed by atoms with Crippen LogP contribution in [0.5, 0.6) is 0 Å². The number of nitrogen functional groups attached to an aromatic ring is 1. The lowest BCUT2D eigenvalue weighted by molar-refractivity contribution is 0.0953. The summed E-state index contributed by atoms with van der Waals surface area (Å²) < 4.78 is 0. The number of amides is 1. The number of aromatic nitrogens is 1. The van der Waals surface area contributed by atoms with Gasteiger partial charge in [0.15, 0.2) is 0 Å². The molecule has 1 aromatic heterocycles. The standard InChI is InChI=1S/C13H21N3O/c1-3-5-7-15-13(17)10-8-11(6-4-2)16-12(14)9-10/h8-9H,3-7H2,1-2H3,(H2,14,16)(H,15,17). The molecule has 1 amide bonds. The summed E-state index contributed by atoms with van der Waals surface area (Å²) in [4.78, 5) is 16.0. The van der Waals surface area contributed by atoms with Gasteiger partial charge in [0.25, 0.3) is 5.91 Å². The van der Waals surface area contributed by atoms with Gasteiger partial charge in [0, 0.05) is 17.8 Å². The summed E-state index contributed by atoms with van der Waals surface area (Å²) in [6.45, 7) is 4.88. The van der Waals surface area contributed by atoms with Gasteiger partial charge in [-0.2, -0.15) is 0 Å². The van der Waals surface area contributed by atoms with Crippen LogP contribution in [0.4, 0.5) is 5.82 Å². The van der Waals surface area contributed by atoms with Crippen LogP contribution in [-0.4, -0.2) is 17.4 Å². The SMILES string of the molecule is CCCCNC(=O)c1cc(N)nc(CCC)c1. The van der Waals surface area contributed by atoms with Gasteiger partial charge >= 0.3 is 0 Å². The molecule has 1 aromatic rings. The Morgan fingerprint density at radius 2 is 2.12 bits per heavy atom. The number of pyridine rings is 1. The topological polar surface area (TPSA) is 68.0 Å². The number of unbranched alkanes of at least 4 members (excludes halogenated alkanes) is 1. The maximum atomic E-state index is 11.8. The van der Waals surface area contributed by atoms with E-state index in [1.807, 2.05) is 6.07 Å². The molecule has 0 saturated carbocycles. The van der Waals surface area contributed by atoms with Crippen molar-refractivity contribution in [1.29, 1.82) is 0 Å². The number of nitrogens with one attached hydrogen (secondary N) is 1. The number of hydrogen-bond acceptors (Lipinski definition) is 3. The highest BCUT2D eigenvalue weighted by atomic mass is 16.1. The average Bonchev–Trinajstić information content (AvgIpc) is 2.29. The van der Waals surface area contributed by atoms with Gasteiger partial charge < -0.3 is 11.1 Å². The third-order valence-corrected chi connectivity index (χ3v) is 2.48. The zero-order chi connectivity index (χ0) is 12.7. The third kappa shape index (κ3) is 4.43. The number of hydrogen-bond donors (Lipinski definition) is 2. The zero-order valence-electron chi connectivity index (χ0n) is 10.6. The Balaban J connectivity index is 2.71. The Kier molecular flexibility index (Phi) is 5.46. The number of anilines is 1. The second-order valence-corrected chi connectivity index (χ2v) is 4.13. The first kappa shape index (κ1) is 13.5. The Bertz CT molecular complexity index is 377. The highest BCUT2D eigenvalue weighted by Crippen LogP contribution is 2.09. The van der Waals surface area contributed by atoms with Crippen LogP contribution in [0, 0.1) is 0 Å². The molecule has 0 atom stereocenters.